The second kappa shape index (κ2) is 7.12. The van der Waals surface area contributed by atoms with Crippen molar-refractivity contribution in [1.82, 2.24) is 10.3 Å². The van der Waals surface area contributed by atoms with E-state index in [1.807, 2.05) is 31.1 Å². The van der Waals surface area contributed by atoms with E-state index in [1.165, 1.54) is 32.1 Å². The molecular weight excluding hydrogens is 250 g/mol. The van der Waals surface area contributed by atoms with Crippen molar-refractivity contribution < 1.29 is 0 Å². The number of hydrogen-bond donors (Lipinski definition) is 2. The van der Waals surface area contributed by atoms with E-state index >= 15 is 0 Å². The highest BCUT2D eigenvalue weighted by molar-refractivity contribution is 5.78. The lowest BCUT2D eigenvalue weighted by Gasteiger charge is -2.23. The molecule has 0 unspecified atom stereocenters. The summed E-state index contributed by atoms with van der Waals surface area (Å²) in [6, 6.07) is 4.47. The Balaban J connectivity index is 1.94. The Labute approximate surface area is 121 Å². The molecule has 0 atom stereocenters. The maximum Gasteiger partial charge on any atom is 0.189 e. The molecule has 3 N–H and O–H groups in total. The first kappa shape index (κ1) is 14.6. The third-order valence-corrected chi connectivity index (χ3v) is 3.67. The zero-order valence-electron chi connectivity index (χ0n) is 12.5. The van der Waals surface area contributed by atoms with Gasteiger partial charge >= 0.3 is 0 Å². The van der Waals surface area contributed by atoms with E-state index in [4.69, 9.17) is 5.73 Å². The predicted molar refractivity (Wildman–Crippen MR) is 83.9 cm³/mol. The van der Waals surface area contributed by atoms with Gasteiger partial charge in [0.2, 0.25) is 0 Å². The van der Waals surface area contributed by atoms with Gasteiger partial charge in [0.05, 0.1) is 6.54 Å². The number of aliphatic imine (C=N–C) groups is 1. The summed E-state index contributed by atoms with van der Waals surface area (Å²) in [5, 5.41) is 3.33. The maximum atomic E-state index is 5.98. The van der Waals surface area contributed by atoms with Gasteiger partial charge in [0.25, 0.3) is 0 Å². The summed E-state index contributed by atoms with van der Waals surface area (Å²) in [5.74, 6) is 1.49. The molecule has 0 amide bonds. The van der Waals surface area contributed by atoms with Gasteiger partial charge in [0, 0.05) is 31.9 Å². The summed E-state index contributed by atoms with van der Waals surface area (Å²) in [6.07, 6.45) is 8.12. The molecule has 1 aliphatic carbocycles. The Bertz CT molecular complexity index is 449. The summed E-state index contributed by atoms with van der Waals surface area (Å²) >= 11 is 0. The topological polar surface area (TPSA) is 66.5 Å². The number of guanidine groups is 1. The third-order valence-electron chi connectivity index (χ3n) is 3.67. The molecule has 1 aliphatic rings. The molecule has 1 aromatic heterocycles. The number of aromatic nitrogens is 1. The number of nitrogens with zero attached hydrogens (tertiary/aromatic N) is 3. The second-order valence-corrected chi connectivity index (χ2v) is 5.56. The van der Waals surface area contributed by atoms with E-state index in [1.54, 1.807) is 6.20 Å². The number of nitrogens with two attached hydrogens (primary N) is 1. The largest absolute Gasteiger partial charge is 0.370 e. The Kier molecular flexibility index (Phi) is 5.21. The zero-order chi connectivity index (χ0) is 14.4. The van der Waals surface area contributed by atoms with Crippen LogP contribution in [-0.2, 0) is 6.54 Å². The molecule has 0 saturated heterocycles. The number of anilines is 1. The van der Waals surface area contributed by atoms with Crippen molar-refractivity contribution >= 4 is 11.8 Å². The van der Waals surface area contributed by atoms with E-state index in [0.717, 1.165) is 11.4 Å². The molecular formula is C15H25N5. The fourth-order valence-corrected chi connectivity index (χ4v) is 2.63. The van der Waals surface area contributed by atoms with Crippen molar-refractivity contribution in [2.75, 3.05) is 19.0 Å². The monoisotopic (exact) mass is 275 g/mol. The number of nitrogens with one attached hydrogen (secondary N) is 1. The fourth-order valence-electron chi connectivity index (χ4n) is 2.63. The van der Waals surface area contributed by atoms with Crippen LogP contribution < -0.4 is 16.0 Å². The minimum Gasteiger partial charge on any atom is -0.370 e. The van der Waals surface area contributed by atoms with Crippen molar-refractivity contribution in [3.63, 3.8) is 0 Å². The van der Waals surface area contributed by atoms with Crippen molar-refractivity contribution in [3.8, 4) is 0 Å². The van der Waals surface area contributed by atoms with Crippen LogP contribution in [0.5, 0.6) is 0 Å². The Morgan fingerprint density at radius 3 is 2.85 bits per heavy atom. The van der Waals surface area contributed by atoms with Crippen molar-refractivity contribution in [2.24, 2.45) is 10.7 Å². The standard InChI is InChI=1S/C15H25N5/c1-20(2)14-12(7-6-10-17-14)11-18-15(16)19-13-8-4-3-5-9-13/h6-7,10,13H,3-5,8-9,11H2,1-2H3,(H3,16,18,19). The molecule has 5 heteroatoms. The van der Waals surface area contributed by atoms with Crippen LogP contribution >= 0.6 is 0 Å². The summed E-state index contributed by atoms with van der Waals surface area (Å²) < 4.78 is 0. The highest BCUT2D eigenvalue weighted by atomic mass is 15.1. The van der Waals surface area contributed by atoms with Gasteiger partial charge in [0.1, 0.15) is 5.82 Å². The summed E-state index contributed by atoms with van der Waals surface area (Å²) in [5.41, 5.74) is 7.07. The van der Waals surface area contributed by atoms with Gasteiger partial charge in [-0.25, -0.2) is 9.98 Å². The molecule has 2 rings (SSSR count). The van der Waals surface area contributed by atoms with Crippen molar-refractivity contribution in [2.45, 2.75) is 44.7 Å². The Morgan fingerprint density at radius 2 is 2.15 bits per heavy atom. The van der Waals surface area contributed by atoms with Gasteiger partial charge in [-0.3, -0.25) is 0 Å². The molecule has 1 saturated carbocycles. The second-order valence-electron chi connectivity index (χ2n) is 5.56. The predicted octanol–water partition coefficient (Wildman–Crippen LogP) is 1.88. The SMILES string of the molecule is CN(C)c1ncccc1CN=C(N)NC1CCCCC1. The van der Waals surface area contributed by atoms with Gasteiger partial charge in [-0.1, -0.05) is 25.3 Å². The van der Waals surface area contributed by atoms with Gasteiger partial charge in [0.15, 0.2) is 5.96 Å². The average molecular weight is 275 g/mol. The molecule has 0 bridgehead atoms. The molecule has 0 aromatic carbocycles. The molecule has 5 nitrogen and oxygen atoms in total. The molecule has 1 heterocycles. The number of pyridine rings is 1. The molecule has 20 heavy (non-hydrogen) atoms. The van der Waals surface area contributed by atoms with Crippen LogP contribution in [-0.4, -0.2) is 31.1 Å². The van der Waals surface area contributed by atoms with E-state index in [2.05, 4.69) is 15.3 Å². The quantitative estimate of drug-likeness (QED) is 0.650. The third kappa shape index (κ3) is 4.11. The minimum absolute atomic E-state index is 0.495. The van der Waals surface area contributed by atoms with Crippen LogP contribution in [0.25, 0.3) is 0 Å². The molecule has 110 valence electrons. The molecule has 0 radical (unpaired) electrons. The summed E-state index contributed by atoms with van der Waals surface area (Å²) in [4.78, 5) is 10.8. The molecule has 0 aliphatic heterocycles. The lowest BCUT2D eigenvalue weighted by Crippen LogP contribution is -2.41. The van der Waals surface area contributed by atoms with Crippen LogP contribution in [0, 0.1) is 0 Å². The number of rotatable bonds is 4. The summed E-state index contributed by atoms with van der Waals surface area (Å²) in [7, 11) is 3.97. The smallest absolute Gasteiger partial charge is 0.189 e. The first-order chi connectivity index (χ1) is 9.66. The highest BCUT2D eigenvalue weighted by Gasteiger charge is 2.13. The Morgan fingerprint density at radius 1 is 1.40 bits per heavy atom. The fraction of sp³-hybridized carbons (Fsp3) is 0.600. The van der Waals surface area contributed by atoms with Gasteiger partial charge in [-0.2, -0.15) is 0 Å². The van der Waals surface area contributed by atoms with Crippen LogP contribution in [0.4, 0.5) is 5.82 Å². The molecule has 0 spiro atoms. The lowest BCUT2D eigenvalue weighted by atomic mass is 9.96. The average Bonchev–Trinajstić information content (AvgIpc) is 2.46. The van der Waals surface area contributed by atoms with Gasteiger partial charge in [-0.05, 0) is 18.9 Å². The zero-order valence-corrected chi connectivity index (χ0v) is 12.5. The van der Waals surface area contributed by atoms with Gasteiger partial charge in [-0.15, -0.1) is 0 Å². The van der Waals surface area contributed by atoms with E-state index < -0.39 is 0 Å². The van der Waals surface area contributed by atoms with Crippen molar-refractivity contribution in [1.29, 1.82) is 0 Å². The summed E-state index contributed by atoms with van der Waals surface area (Å²) in [6.45, 7) is 0.562. The first-order valence-corrected chi connectivity index (χ1v) is 7.34. The van der Waals surface area contributed by atoms with Crippen LogP contribution in [0.3, 0.4) is 0 Å². The maximum absolute atomic E-state index is 5.98. The van der Waals surface area contributed by atoms with Crippen LogP contribution in [0.1, 0.15) is 37.7 Å². The first-order valence-electron chi connectivity index (χ1n) is 7.34. The van der Waals surface area contributed by atoms with Crippen molar-refractivity contribution in [3.05, 3.63) is 23.9 Å². The minimum atomic E-state index is 0.495. The molecule has 1 fully saturated rings. The highest BCUT2D eigenvalue weighted by Crippen LogP contribution is 2.17. The van der Waals surface area contributed by atoms with E-state index in [9.17, 15) is 0 Å². The Hall–Kier alpha value is -1.78. The van der Waals surface area contributed by atoms with Gasteiger partial charge < -0.3 is 16.0 Å². The van der Waals surface area contributed by atoms with Crippen LogP contribution in [0.2, 0.25) is 0 Å². The lowest BCUT2D eigenvalue weighted by molar-refractivity contribution is 0.412. The van der Waals surface area contributed by atoms with E-state index in [-0.39, 0.29) is 0 Å². The van der Waals surface area contributed by atoms with E-state index in [0.29, 0.717) is 18.5 Å². The number of hydrogen-bond acceptors (Lipinski definition) is 3. The van der Waals surface area contributed by atoms with Crippen LogP contribution in [0.15, 0.2) is 23.3 Å². The normalized spacial score (nSPS) is 17.0. The molecule has 1 aromatic rings.